The first kappa shape index (κ1) is 10.4. The maximum absolute atomic E-state index is 13.2. The van der Waals surface area contributed by atoms with Gasteiger partial charge in [0.1, 0.15) is 5.82 Å². The van der Waals surface area contributed by atoms with Crippen molar-refractivity contribution in [3.8, 4) is 0 Å². The van der Waals surface area contributed by atoms with E-state index in [4.69, 9.17) is 10.5 Å². The Morgan fingerprint density at radius 3 is 2.73 bits per heavy atom. The number of hydrogen-bond acceptors (Lipinski definition) is 3. The summed E-state index contributed by atoms with van der Waals surface area (Å²) < 4.78 is 18.4. The van der Waals surface area contributed by atoms with Gasteiger partial charge in [-0.2, -0.15) is 0 Å². The van der Waals surface area contributed by atoms with Crippen molar-refractivity contribution in [1.82, 2.24) is 4.90 Å². The van der Waals surface area contributed by atoms with Crippen LogP contribution in [0.3, 0.4) is 0 Å². The van der Waals surface area contributed by atoms with E-state index in [1.807, 2.05) is 6.07 Å². The molecule has 15 heavy (non-hydrogen) atoms. The molecule has 82 valence electrons. The van der Waals surface area contributed by atoms with E-state index in [-0.39, 0.29) is 11.5 Å². The lowest BCUT2D eigenvalue weighted by molar-refractivity contribution is 0.0341. The van der Waals surface area contributed by atoms with Gasteiger partial charge in [0.15, 0.2) is 0 Å². The summed E-state index contributed by atoms with van der Waals surface area (Å²) in [7, 11) is 0. The largest absolute Gasteiger partial charge is 0.396 e. The van der Waals surface area contributed by atoms with E-state index in [9.17, 15) is 4.39 Å². The Morgan fingerprint density at radius 2 is 2.07 bits per heavy atom. The zero-order chi connectivity index (χ0) is 10.7. The van der Waals surface area contributed by atoms with Crippen LogP contribution < -0.4 is 5.73 Å². The molecule has 2 N–H and O–H groups in total. The molecule has 0 radical (unpaired) electrons. The molecule has 0 atom stereocenters. The third-order valence-corrected chi connectivity index (χ3v) is 2.57. The van der Waals surface area contributed by atoms with Gasteiger partial charge in [-0.3, -0.25) is 4.90 Å². The van der Waals surface area contributed by atoms with E-state index in [0.29, 0.717) is 0 Å². The highest BCUT2D eigenvalue weighted by Crippen LogP contribution is 2.14. The molecule has 0 spiro atoms. The summed E-state index contributed by atoms with van der Waals surface area (Å²) >= 11 is 0. The lowest BCUT2D eigenvalue weighted by atomic mass is 10.2. The predicted octanol–water partition coefficient (Wildman–Crippen LogP) is 1.24. The first-order chi connectivity index (χ1) is 7.25. The third kappa shape index (κ3) is 2.67. The highest BCUT2D eigenvalue weighted by atomic mass is 19.1. The molecule has 1 aliphatic rings. The smallest absolute Gasteiger partial charge is 0.146 e. The van der Waals surface area contributed by atoms with Gasteiger partial charge in [0.05, 0.1) is 18.9 Å². The van der Waals surface area contributed by atoms with Crippen molar-refractivity contribution in [2.24, 2.45) is 0 Å². The van der Waals surface area contributed by atoms with Gasteiger partial charge in [-0.15, -0.1) is 0 Å². The standard InChI is InChI=1S/C11H15FN2O/c12-10-7-9(1-2-11(10)13)8-14-3-5-15-6-4-14/h1-2,7H,3-6,8,13H2. The predicted molar refractivity (Wildman–Crippen MR) is 56.9 cm³/mol. The number of halogens is 1. The summed E-state index contributed by atoms with van der Waals surface area (Å²) in [6.07, 6.45) is 0. The van der Waals surface area contributed by atoms with Crippen molar-refractivity contribution in [3.05, 3.63) is 29.6 Å². The molecule has 1 saturated heterocycles. The zero-order valence-electron chi connectivity index (χ0n) is 8.58. The van der Waals surface area contributed by atoms with Crippen molar-refractivity contribution in [1.29, 1.82) is 0 Å². The minimum absolute atomic E-state index is 0.209. The molecule has 0 unspecified atom stereocenters. The summed E-state index contributed by atoms with van der Waals surface area (Å²) in [5, 5.41) is 0. The summed E-state index contributed by atoms with van der Waals surface area (Å²) in [6, 6.07) is 4.99. The van der Waals surface area contributed by atoms with Crippen LogP contribution >= 0.6 is 0 Å². The SMILES string of the molecule is Nc1ccc(CN2CCOCC2)cc1F. The molecule has 1 aliphatic heterocycles. The summed E-state index contributed by atoms with van der Waals surface area (Å²) in [5.41, 5.74) is 6.58. The Hall–Kier alpha value is -1.13. The molecular weight excluding hydrogens is 195 g/mol. The number of rotatable bonds is 2. The number of nitrogen functional groups attached to an aromatic ring is 1. The van der Waals surface area contributed by atoms with Crippen LogP contribution in [0.4, 0.5) is 10.1 Å². The van der Waals surface area contributed by atoms with Crippen molar-refractivity contribution < 1.29 is 9.13 Å². The molecule has 4 heteroatoms. The molecule has 0 aliphatic carbocycles. The van der Waals surface area contributed by atoms with Gasteiger partial charge in [-0.05, 0) is 17.7 Å². The fourth-order valence-corrected chi connectivity index (χ4v) is 1.69. The van der Waals surface area contributed by atoms with Crippen molar-refractivity contribution in [2.45, 2.75) is 6.54 Å². The van der Waals surface area contributed by atoms with Gasteiger partial charge >= 0.3 is 0 Å². The van der Waals surface area contributed by atoms with E-state index in [0.717, 1.165) is 38.4 Å². The van der Waals surface area contributed by atoms with Gasteiger partial charge in [0.25, 0.3) is 0 Å². The second kappa shape index (κ2) is 4.59. The average molecular weight is 210 g/mol. The van der Waals surface area contributed by atoms with Crippen molar-refractivity contribution >= 4 is 5.69 Å². The quantitative estimate of drug-likeness (QED) is 0.746. The number of morpholine rings is 1. The normalized spacial score (nSPS) is 17.9. The molecule has 1 heterocycles. The highest BCUT2D eigenvalue weighted by molar-refractivity contribution is 5.41. The minimum Gasteiger partial charge on any atom is -0.396 e. The number of nitrogens with zero attached hydrogens (tertiary/aromatic N) is 1. The van der Waals surface area contributed by atoms with E-state index in [1.54, 1.807) is 6.07 Å². The molecule has 0 bridgehead atoms. The fraction of sp³-hybridized carbons (Fsp3) is 0.455. The molecule has 1 aromatic carbocycles. The summed E-state index contributed by atoms with van der Waals surface area (Å²) in [6.45, 7) is 4.10. The van der Waals surface area contributed by atoms with Crippen LogP contribution in [0.5, 0.6) is 0 Å². The third-order valence-electron chi connectivity index (χ3n) is 2.57. The zero-order valence-corrected chi connectivity index (χ0v) is 8.58. The molecule has 2 rings (SSSR count). The van der Waals surface area contributed by atoms with Gasteiger partial charge in [0.2, 0.25) is 0 Å². The van der Waals surface area contributed by atoms with Crippen LogP contribution in [0.1, 0.15) is 5.56 Å². The van der Waals surface area contributed by atoms with Gasteiger partial charge in [0, 0.05) is 19.6 Å². The van der Waals surface area contributed by atoms with E-state index >= 15 is 0 Å². The van der Waals surface area contributed by atoms with Crippen LogP contribution in [0.2, 0.25) is 0 Å². The molecule has 1 fully saturated rings. The minimum atomic E-state index is -0.333. The van der Waals surface area contributed by atoms with Gasteiger partial charge in [-0.25, -0.2) is 4.39 Å². The molecule has 3 nitrogen and oxygen atoms in total. The average Bonchev–Trinajstić information content (AvgIpc) is 2.25. The lowest BCUT2D eigenvalue weighted by Gasteiger charge is -2.26. The Kier molecular flexibility index (Phi) is 3.18. The van der Waals surface area contributed by atoms with Crippen LogP contribution in [0.15, 0.2) is 18.2 Å². The Bertz CT molecular complexity index is 337. The monoisotopic (exact) mass is 210 g/mol. The fourth-order valence-electron chi connectivity index (χ4n) is 1.69. The van der Waals surface area contributed by atoms with E-state index < -0.39 is 0 Å². The van der Waals surface area contributed by atoms with Crippen LogP contribution in [-0.4, -0.2) is 31.2 Å². The number of ether oxygens (including phenoxy) is 1. The van der Waals surface area contributed by atoms with Gasteiger partial charge in [-0.1, -0.05) is 6.07 Å². The van der Waals surface area contributed by atoms with Gasteiger partial charge < -0.3 is 10.5 Å². The van der Waals surface area contributed by atoms with Crippen LogP contribution in [0, 0.1) is 5.82 Å². The number of anilines is 1. The molecular formula is C11H15FN2O. The molecule has 0 aromatic heterocycles. The highest BCUT2D eigenvalue weighted by Gasteiger charge is 2.11. The lowest BCUT2D eigenvalue weighted by Crippen LogP contribution is -2.35. The second-order valence-electron chi connectivity index (χ2n) is 3.74. The summed E-state index contributed by atoms with van der Waals surface area (Å²) in [5.74, 6) is -0.333. The number of hydrogen-bond donors (Lipinski definition) is 1. The van der Waals surface area contributed by atoms with E-state index in [2.05, 4.69) is 4.90 Å². The summed E-state index contributed by atoms with van der Waals surface area (Å²) in [4.78, 5) is 2.24. The molecule has 1 aromatic rings. The van der Waals surface area contributed by atoms with Crippen LogP contribution in [0.25, 0.3) is 0 Å². The number of nitrogens with two attached hydrogens (primary N) is 1. The maximum atomic E-state index is 13.2. The maximum Gasteiger partial charge on any atom is 0.146 e. The molecule has 0 saturated carbocycles. The Morgan fingerprint density at radius 1 is 1.33 bits per heavy atom. The topological polar surface area (TPSA) is 38.5 Å². The first-order valence-electron chi connectivity index (χ1n) is 5.10. The second-order valence-corrected chi connectivity index (χ2v) is 3.74. The van der Waals surface area contributed by atoms with E-state index in [1.165, 1.54) is 6.07 Å². The Balaban J connectivity index is 2.00. The van der Waals surface area contributed by atoms with Crippen molar-refractivity contribution in [2.75, 3.05) is 32.0 Å². The first-order valence-corrected chi connectivity index (χ1v) is 5.10. The molecule has 0 amide bonds. The van der Waals surface area contributed by atoms with Crippen molar-refractivity contribution in [3.63, 3.8) is 0 Å². The van der Waals surface area contributed by atoms with Crippen LogP contribution in [-0.2, 0) is 11.3 Å². The Labute approximate surface area is 88.6 Å². The number of benzene rings is 1.